The molecule has 1 N–H and O–H groups in total. The number of hydrogen-bond acceptors (Lipinski definition) is 3. The molecule has 1 fully saturated rings. The fourth-order valence-electron chi connectivity index (χ4n) is 2.85. The van der Waals surface area contributed by atoms with Gasteiger partial charge in [0.25, 0.3) is 0 Å². The summed E-state index contributed by atoms with van der Waals surface area (Å²) in [5.74, 6) is -0.712. The van der Waals surface area contributed by atoms with E-state index in [1.54, 1.807) is 4.90 Å². The van der Waals surface area contributed by atoms with Crippen molar-refractivity contribution in [3.05, 3.63) is 0 Å². The predicted octanol–water partition coefficient (Wildman–Crippen LogP) is 2.16. The first-order valence-electron chi connectivity index (χ1n) is 7.53. The summed E-state index contributed by atoms with van der Waals surface area (Å²) in [6.45, 7) is 7.24. The van der Waals surface area contributed by atoms with E-state index in [1.165, 1.54) is 4.90 Å². The van der Waals surface area contributed by atoms with E-state index in [0.29, 0.717) is 19.6 Å². The van der Waals surface area contributed by atoms with Crippen LogP contribution in [-0.4, -0.2) is 52.6 Å². The van der Waals surface area contributed by atoms with Gasteiger partial charge in [-0.05, 0) is 24.7 Å². The molecule has 0 aromatic heterocycles. The number of likely N-dealkylation sites (tertiary alicyclic amines) is 1. The van der Waals surface area contributed by atoms with Gasteiger partial charge < -0.3 is 14.9 Å². The van der Waals surface area contributed by atoms with E-state index < -0.39 is 12.0 Å². The fraction of sp³-hybridized carbons (Fsp3) is 0.800. The van der Waals surface area contributed by atoms with Gasteiger partial charge in [-0.15, -0.1) is 0 Å². The molecule has 21 heavy (non-hydrogen) atoms. The summed E-state index contributed by atoms with van der Waals surface area (Å²) < 4.78 is 0. The molecule has 2 atom stereocenters. The molecule has 0 spiro atoms. The Hall–Kier alpha value is -1.77. The molecule has 2 amide bonds. The van der Waals surface area contributed by atoms with E-state index in [9.17, 15) is 14.7 Å². The number of carbonyl (C=O) groups excluding carboxylic acids is 1. The third-order valence-electron chi connectivity index (χ3n) is 3.78. The molecule has 0 aromatic carbocycles. The van der Waals surface area contributed by atoms with Gasteiger partial charge in [0.15, 0.2) is 0 Å². The van der Waals surface area contributed by atoms with Crippen molar-refractivity contribution >= 4 is 12.0 Å². The summed E-state index contributed by atoms with van der Waals surface area (Å²) in [6.07, 6.45) is 1.91. The molecular formula is C15H25N3O3. The summed E-state index contributed by atoms with van der Waals surface area (Å²) in [5.41, 5.74) is 0. The van der Waals surface area contributed by atoms with Crippen molar-refractivity contribution in [2.24, 2.45) is 11.8 Å². The van der Waals surface area contributed by atoms with Crippen LogP contribution in [0.2, 0.25) is 0 Å². The number of piperidine rings is 1. The first-order valence-corrected chi connectivity index (χ1v) is 7.53. The van der Waals surface area contributed by atoms with Crippen LogP contribution < -0.4 is 0 Å². The summed E-state index contributed by atoms with van der Waals surface area (Å²) in [5, 5.41) is 18.1. The quantitative estimate of drug-likeness (QED) is 0.842. The van der Waals surface area contributed by atoms with Crippen LogP contribution in [0, 0.1) is 23.2 Å². The van der Waals surface area contributed by atoms with Crippen LogP contribution in [0.3, 0.4) is 0 Å². The van der Waals surface area contributed by atoms with Gasteiger partial charge in [0.2, 0.25) is 0 Å². The topological polar surface area (TPSA) is 84.6 Å². The summed E-state index contributed by atoms with van der Waals surface area (Å²) >= 11 is 0. The van der Waals surface area contributed by atoms with Gasteiger partial charge in [-0.2, -0.15) is 5.26 Å². The van der Waals surface area contributed by atoms with Crippen molar-refractivity contribution in [3.8, 4) is 6.07 Å². The molecule has 0 aliphatic carbocycles. The largest absolute Gasteiger partial charge is 0.480 e. The lowest BCUT2D eigenvalue weighted by Crippen LogP contribution is -2.56. The summed E-state index contributed by atoms with van der Waals surface area (Å²) in [7, 11) is 0. The van der Waals surface area contributed by atoms with Crippen molar-refractivity contribution in [1.82, 2.24) is 9.80 Å². The number of rotatable bonds is 5. The lowest BCUT2D eigenvalue weighted by molar-refractivity contribution is -0.145. The third-order valence-corrected chi connectivity index (χ3v) is 3.78. The van der Waals surface area contributed by atoms with E-state index in [2.05, 4.69) is 0 Å². The monoisotopic (exact) mass is 295 g/mol. The van der Waals surface area contributed by atoms with Crippen molar-refractivity contribution in [1.29, 1.82) is 5.26 Å². The molecule has 1 aliphatic rings. The molecule has 1 heterocycles. The average molecular weight is 295 g/mol. The highest BCUT2D eigenvalue weighted by Crippen LogP contribution is 2.25. The molecule has 1 saturated heterocycles. The Balaban J connectivity index is 2.88. The number of carboxylic acids is 1. The van der Waals surface area contributed by atoms with Gasteiger partial charge in [0, 0.05) is 19.6 Å². The lowest BCUT2D eigenvalue weighted by Gasteiger charge is -2.40. The van der Waals surface area contributed by atoms with Crippen molar-refractivity contribution in [2.45, 2.75) is 46.1 Å². The second-order valence-electron chi connectivity index (χ2n) is 6.13. The maximum absolute atomic E-state index is 12.7. The standard InChI is InChI=1S/C15H25N3O3/c1-11(2)10-17(8-5-7-16)15(21)18-9-4-6-12(3)13(18)14(19)20/h11-13H,4-6,8-10H2,1-3H3,(H,19,20). The molecule has 6 heteroatoms. The van der Waals surface area contributed by atoms with Gasteiger partial charge in [-0.25, -0.2) is 9.59 Å². The van der Waals surface area contributed by atoms with Gasteiger partial charge in [-0.1, -0.05) is 20.8 Å². The van der Waals surface area contributed by atoms with Gasteiger partial charge in [0.05, 0.1) is 12.5 Å². The number of carbonyl (C=O) groups is 2. The van der Waals surface area contributed by atoms with Crippen LogP contribution >= 0.6 is 0 Å². The lowest BCUT2D eigenvalue weighted by atomic mass is 9.91. The number of amides is 2. The number of nitriles is 1. The van der Waals surface area contributed by atoms with E-state index in [0.717, 1.165) is 12.8 Å². The zero-order chi connectivity index (χ0) is 16.0. The Morgan fingerprint density at radius 1 is 1.48 bits per heavy atom. The van der Waals surface area contributed by atoms with Gasteiger partial charge in [0.1, 0.15) is 6.04 Å². The number of carboxylic acid groups (broad SMARTS) is 1. The molecular weight excluding hydrogens is 270 g/mol. The number of aliphatic carboxylic acids is 1. The zero-order valence-corrected chi connectivity index (χ0v) is 13.1. The van der Waals surface area contributed by atoms with E-state index >= 15 is 0 Å². The minimum atomic E-state index is -0.944. The van der Waals surface area contributed by atoms with Crippen LogP contribution in [0.15, 0.2) is 0 Å². The third kappa shape index (κ3) is 4.62. The Bertz CT molecular complexity index is 417. The zero-order valence-electron chi connectivity index (χ0n) is 13.1. The Kier molecular flexibility index (Phi) is 6.47. The van der Waals surface area contributed by atoms with Crippen LogP contribution in [0.5, 0.6) is 0 Å². The number of nitrogens with zero attached hydrogens (tertiary/aromatic N) is 3. The Morgan fingerprint density at radius 2 is 2.14 bits per heavy atom. The maximum Gasteiger partial charge on any atom is 0.326 e. The molecule has 1 rings (SSSR count). The van der Waals surface area contributed by atoms with Gasteiger partial charge >= 0.3 is 12.0 Å². The summed E-state index contributed by atoms with van der Waals surface area (Å²) in [4.78, 5) is 27.2. The predicted molar refractivity (Wildman–Crippen MR) is 78.6 cm³/mol. The highest BCUT2D eigenvalue weighted by atomic mass is 16.4. The van der Waals surface area contributed by atoms with Crippen LogP contribution in [-0.2, 0) is 4.79 Å². The van der Waals surface area contributed by atoms with E-state index in [1.807, 2.05) is 26.8 Å². The molecule has 6 nitrogen and oxygen atoms in total. The molecule has 0 radical (unpaired) electrons. The average Bonchev–Trinajstić information content (AvgIpc) is 2.41. The second-order valence-corrected chi connectivity index (χ2v) is 6.13. The second kappa shape index (κ2) is 7.87. The molecule has 118 valence electrons. The Labute approximate surface area is 126 Å². The van der Waals surface area contributed by atoms with Crippen LogP contribution in [0.25, 0.3) is 0 Å². The first kappa shape index (κ1) is 17.3. The van der Waals surface area contributed by atoms with Crippen molar-refractivity contribution in [2.75, 3.05) is 19.6 Å². The normalized spacial score (nSPS) is 22.0. The van der Waals surface area contributed by atoms with E-state index in [4.69, 9.17) is 5.26 Å². The van der Waals surface area contributed by atoms with Gasteiger partial charge in [-0.3, -0.25) is 0 Å². The minimum absolute atomic E-state index is 0.0444. The van der Waals surface area contributed by atoms with Crippen LogP contribution in [0.1, 0.15) is 40.0 Å². The molecule has 2 unspecified atom stereocenters. The highest BCUT2D eigenvalue weighted by Gasteiger charge is 2.38. The maximum atomic E-state index is 12.7. The summed E-state index contributed by atoms with van der Waals surface area (Å²) in [6, 6.07) is 1.03. The van der Waals surface area contributed by atoms with Crippen LogP contribution in [0.4, 0.5) is 4.79 Å². The Morgan fingerprint density at radius 3 is 2.67 bits per heavy atom. The fourth-order valence-corrected chi connectivity index (χ4v) is 2.85. The SMILES string of the molecule is CC(C)CN(CCC#N)C(=O)N1CCCC(C)C1C(=O)O. The number of hydrogen-bond donors (Lipinski definition) is 1. The van der Waals surface area contributed by atoms with Crippen molar-refractivity contribution < 1.29 is 14.7 Å². The molecule has 1 aliphatic heterocycles. The molecule has 0 saturated carbocycles. The minimum Gasteiger partial charge on any atom is -0.480 e. The highest BCUT2D eigenvalue weighted by molar-refractivity contribution is 5.83. The molecule has 0 aromatic rings. The smallest absolute Gasteiger partial charge is 0.326 e. The molecule has 0 bridgehead atoms. The number of urea groups is 1. The van der Waals surface area contributed by atoms with Crippen molar-refractivity contribution in [3.63, 3.8) is 0 Å². The van der Waals surface area contributed by atoms with E-state index in [-0.39, 0.29) is 24.3 Å². The first-order chi connectivity index (χ1) is 9.88.